The minimum absolute atomic E-state index is 0.514. The largest absolute Gasteiger partial charge is 0.464 e. The summed E-state index contributed by atoms with van der Waals surface area (Å²) in [5.41, 5.74) is 2.60. The van der Waals surface area contributed by atoms with Crippen molar-refractivity contribution < 1.29 is 4.74 Å². The lowest BCUT2D eigenvalue weighted by Crippen LogP contribution is -2.23. The average molecular weight is 131 g/mol. The van der Waals surface area contributed by atoms with Crippen LogP contribution in [-0.4, -0.2) is 26.7 Å². The van der Waals surface area contributed by atoms with Crippen LogP contribution in [0, 0.1) is 0 Å². The number of hydrazone groups is 1. The van der Waals surface area contributed by atoms with Gasteiger partial charge in [0, 0.05) is 14.1 Å². The lowest BCUT2D eigenvalue weighted by Gasteiger charge is -2.03. The molecule has 54 valence electrons. The summed E-state index contributed by atoms with van der Waals surface area (Å²) in [6.07, 6.45) is 0. The van der Waals surface area contributed by atoms with E-state index in [0.717, 1.165) is 0 Å². The summed E-state index contributed by atoms with van der Waals surface area (Å²) >= 11 is 0. The van der Waals surface area contributed by atoms with Crippen molar-refractivity contribution in [2.24, 2.45) is 5.10 Å². The molecule has 9 heavy (non-hydrogen) atoms. The van der Waals surface area contributed by atoms with Gasteiger partial charge in [-0.1, -0.05) is 0 Å². The molecule has 0 bridgehead atoms. The number of ether oxygens (including phenoxy) is 1. The van der Waals surface area contributed by atoms with Crippen LogP contribution in [0.25, 0.3) is 0 Å². The van der Waals surface area contributed by atoms with Gasteiger partial charge in [0.2, 0.25) is 0 Å². The molecule has 0 aliphatic carbocycles. The monoisotopic (exact) mass is 131 g/mol. The third-order valence-electron chi connectivity index (χ3n) is 0.708. The first-order valence-corrected chi connectivity index (χ1v) is 2.90. The zero-order valence-electron chi connectivity index (χ0n) is 6.06. The molecule has 0 saturated carbocycles. The van der Waals surface area contributed by atoms with Gasteiger partial charge in [0.25, 0.3) is 0 Å². The number of nitrogens with zero attached hydrogens (tertiary/aromatic N) is 1. The highest BCUT2D eigenvalue weighted by atomic mass is 16.5. The highest BCUT2D eigenvalue weighted by molar-refractivity contribution is 5.72. The Bertz CT molecular complexity index is 92.2. The standard InChI is InChI=1S/C5H13N3O/c1-4-9-5(6-2)8-7-3/h7H,4H2,1-3H3,(H,6,8). The Hall–Kier alpha value is -0.930. The van der Waals surface area contributed by atoms with Gasteiger partial charge in [-0.3, -0.25) is 0 Å². The van der Waals surface area contributed by atoms with Gasteiger partial charge in [0.05, 0.1) is 6.61 Å². The van der Waals surface area contributed by atoms with Crippen molar-refractivity contribution in [3.8, 4) is 0 Å². The molecule has 0 amide bonds. The number of hydrogen-bond acceptors (Lipinski definition) is 3. The maximum atomic E-state index is 5.01. The molecule has 0 aromatic rings. The molecule has 2 N–H and O–H groups in total. The van der Waals surface area contributed by atoms with Gasteiger partial charge in [-0.15, -0.1) is 5.10 Å². The molecule has 0 aliphatic rings. The number of rotatable bonds is 2. The molecular weight excluding hydrogens is 118 g/mol. The van der Waals surface area contributed by atoms with E-state index in [9.17, 15) is 0 Å². The summed E-state index contributed by atoms with van der Waals surface area (Å²) in [7, 11) is 3.47. The normalized spacial score (nSPS) is 10.8. The molecule has 0 aromatic heterocycles. The van der Waals surface area contributed by atoms with Crippen molar-refractivity contribution in [3.63, 3.8) is 0 Å². The van der Waals surface area contributed by atoms with E-state index in [1.165, 1.54) is 0 Å². The van der Waals surface area contributed by atoms with E-state index in [1.807, 2.05) is 6.92 Å². The molecule has 0 rings (SSSR count). The Labute approximate surface area is 55.3 Å². The molecule has 4 nitrogen and oxygen atoms in total. The maximum Gasteiger partial charge on any atom is 0.306 e. The van der Waals surface area contributed by atoms with E-state index in [1.54, 1.807) is 14.1 Å². The van der Waals surface area contributed by atoms with Crippen molar-refractivity contribution in [1.29, 1.82) is 0 Å². The van der Waals surface area contributed by atoms with E-state index in [2.05, 4.69) is 15.8 Å². The Morgan fingerprint density at radius 3 is 2.56 bits per heavy atom. The van der Waals surface area contributed by atoms with E-state index >= 15 is 0 Å². The molecule has 0 heterocycles. The van der Waals surface area contributed by atoms with Gasteiger partial charge in [-0.2, -0.15) is 0 Å². The SMILES string of the molecule is CCO/C(=N\NC)NC. The van der Waals surface area contributed by atoms with Crippen LogP contribution >= 0.6 is 0 Å². The summed E-state index contributed by atoms with van der Waals surface area (Å²) in [6.45, 7) is 2.53. The van der Waals surface area contributed by atoms with Gasteiger partial charge in [-0.25, -0.2) is 0 Å². The quantitative estimate of drug-likeness (QED) is 0.308. The molecule has 0 aromatic carbocycles. The topological polar surface area (TPSA) is 45.6 Å². The average Bonchev–Trinajstić information content (AvgIpc) is 1.88. The third-order valence-corrected chi connectivity index (χ3v) is 0.708. The van der Waals surface area contributed by atoms with Crippen molar-refractivity contribution in [2.45, 2.75) is 6.92 Å². The van der Waals surface area contributed by atoms with Crippen molar-refractivity contribution in [2.75, 3.05) is 20.7 Å². The molecule has 0 atom stereocenters. The van der Waals surface area contributed by atoms with Gasteiger partial charge in [0.1, 0.15) is 0 Å². The Kier molecular flexibility index (Phi) is 4.67. The second kappa shape index (κ2) is 5.21. The minimum atomic E-state index is 0.514. The van der Waals surface area contributed by atoms with Crippen LogP contribution in [0.3, 0.4) is 0 Å². The van der Waals surface area contributed by atoms with Crippen LogP contribution in [0.1, 0.15) is 6.92 Å². The summed E-state index contributed by atoms with van der Waals surface area (Å²) in [5, 5.41) is 6.53. The van der Waals surface area contributed by atoms with Crippen LogP contribution in [-0.2, 0) is 4.74 Å². The van der Waals surface area contributed by atoms with Crippen LogP contribution in [0.2, 0.25) is 0 Å². The fourth-order valence-electron chi connectivity index (χ4n) is 0.399. The van der Waals surface area contributed by atoms with Gasteiger partial charge >= 0.3 is 6.02 Å². The van der Waals surface area contributed by atoms with Gasteiger partial charge in [-0.05, 0) is 6.92 Å². The van der Waals surface area contributed by atoms with E-state index in [0.29, 0.717) is 12.6 Å². The highest BCUT2D eigenvalue weighted by Gasteiger charge is 1.89. The number of nitrogens with one attached hydrogen (secondary N) is 2. The molecule has 4 heteroatoms. The van der Waals surface area contributed by atoms with Crippen molar-refractivity contribution >= 4 is 6.02 Å². The fraction of sp³-hybridized carbons (Fsp3) is 0.800. The Morgan fingerprint density at radius 1 is 1.56 bits per heavy atom. The fourth-order valence-corrected chi connectivity index (χ4v) is 0.399. The van der Waals surface area contributed by atoms with Crippen LogP contribution in [0.15, 0.2) is 5.10 Å². The molecule has 0 spiro atoms. The summed E-state index contributed by atoms with van der Waals surface area (Å²) in [4.78, 5) is 0. The Morgan fingerprint density at radius 2 is 2.22 bits per heavy atom. The smallest absolute Gasteiger partial charge is 0.306 e. The zero-order chi connectivity index (χ0) is 7.11. The molecule has 0 radical (unpaired) electrons. The van der Waals surface area contributed by atoms with E-state index in [-0.39, 0.29) is 0 Å². The molecule has 0 unspecified atom stereocenters. The third kappa shape index (κ3) is 3.64. The maximum absolute atomic E-state index is 5.01. The number of amidine groups is 1. The highest BCUT2D eigenvalue weighted by Crippen LogP contribution is 1.73. The van der Waals surface area contributed by atoms with Gasteiger partial charge in [0.15, 0.2) is 0 Å². The first-order chi connectivity index (χ1) is 4.35. The molecular formula is C5H13N3O. The zero-order valence-corrected chi connectivity index (χ0v) is 6.06. The second-order valence-electron chi connectivity index (χ2n) is 1.32. The second-order valence-corrected chi connectivity index (χ2v) is 1.32. The molecule has 0 aliphatic heterocycles. The Balaban J connectivity index is 3.53. The first-order valence-electron chi connectivity index (χ1n) is 2.90. The van der Waals surface area contributed by atoms with E-state index < -0.39 is 0 Å². The predicted octanol–water partition coefficient (Wildman–Crippen LogP) is -0.267. The lowest BCUT2D eigenvalue weighted by atomic mass is 10.8. The molecule has 0 fully saturated rings. The van der Waals surface area contributed by atoms with Crippen molar-refractivity contribution in [1.82, 2.24) is 10.7 Å². The van der Waals surface area contributed by atoms with Gasteiger partial charge < -0.3 is 15.5 Å². The van der Waals surface area contributed by atoms with E-state index in [4.69, 9.17) is 4.74 Å². The molecule has 0 saturated heterocycles. The number of hydrogen-bond donors (Lipinski definition) is 2. The van der Waals surface area contributed by atoms with Crippen LogP contribution < -0.4 is 10.7 Å². The summed E-state index contributed by atoms with van der Waals surface area (Å²) in [6, 6.07) is 0.514. The van der Waals surface area contributed by atoms with Crippen LogP contribution in [0.5, 0.6) is 0 Å². The summed E-state index contributed by atoms with van der Waals surface area (Å²) < 4.78 is 5.01. The minimum Gasteiger partial charge on any atom is -0.464 e. The lowest BCUT2D eigenvalue weighted by molar-refractivity contribution is 0.310. The van der Waals surface area contributed by atoms with Crippen LogP contribution in [0.4, 0.5) is 0 Å². The predicted molar refractivity (Wildman–Crippen MR) is 37.2 cm³/mol. The first kappa shape index (κ1) is 8.07. The van der Waals surface area contributed by atoms with Crippen molar-refractivity contribution in [3.05, 3.63) is 0 Å². The summed E-state index contributed by atoms with van der Waals surface area (Å²) in [5.74, 6) is 0.